The van der Waals surface area contributed by atoms with Crippen molar-refractivity contribution in [1.82, 2.24) is 0 Å². The zero-order valence-corrected chi connectivity index (χ0v) is 34.9. The molecule has 3 aliphatic rings. The molecule has 0 amide bonds. The summed E-state index contributed by atoms with van der Waals surface area (Å²) >= 11 is 0. The fourth-order valence-electron chi connectivity index (χ4n) is 12.2. The molecule has 0 fully saturated rings. The van der Waals surface area contributed by atoms with Crippen LogP contribution in [0.2, 0.25) is 0 Å². The van der Waals surface area contributed by atoms with Crippen LogP contribution in [0, 0.1) is 0 Å². The summed E-state index contributed by atoms with van der Waals surface area (Å²) in [6, 6.07) is 87.7. The fraction of sp³-hybridized carbons (Fsp3) is 0.0323. The molecule has 0 saturated carbocycles. The summed E-state index contributed by atoms with van der Waals surface area (Å²) < 4.78 is 6.63. The molecule has 0 aliphatic heterocycles. The second-order valence-corrected chi connectivity index (χ2v) is 17.4. The summed E-state index contributed by atoms with van der Waals surface area (Å²) in [6.45, 7) is 0. The molecular weight excluding hydrogens is 775 g/mol. The fourth-order valence-corrected chi connectivity index (χ4v) is 12.2. The van der Waals surface area contributed by atoms with Crippen LogP contribution in [0.5, 0.6) is 0 Å². The lowest BCUT2D eigenvalue weighted by atomic mass is 9.52. The Kier molecular flexibility index (Phi) is 7.28. The van der Waals surface area contributed by atoms with Crippen LogP contribution in [0.15, 0.2) is 241 Å². The third-order valence-electron chi connectivity index (χ3n) is 14.6. The molecule has 0 atom stereocenters. The third kappa shape index (κ3) is 4.44. The Hall–Kier alpha value is -8.20. The SMILES string of the molecule is c1ccc(N(c2ccc(-c3cccc4c3C3(c5ccccc5-4)c4ccccc4C4(c5ccccc5-c5ccccc54)c4ccccc43)cc2)c2cccc3c2oc2ccccc23)cc1. The average molecular weight is 814 g/mol. The van der Waals surface area contributed by atoms with Crippen molar-refractivity contribution in [1.29, 1.82) is 0 Å². The lowest BCUT2D eigenvalue weighted by molar-refractivity contribution is 0.633. The highest BCUT2D eigenvalue weighted by Gasteiger charge is 2.59. The Morgan fingerprint density at radius 1 is 0.297 bits per heavy atom. The Morgan fingerprint density at radius 2 is 0.734 bits per heavy atom. The van der Waals surface area contributed by atoms with E-state index in [9.17, 15) is 0 Å². The van der Waals surface area contributed by atoms with Crippen LogP contribution in [0.25, 0.3) is 55.3 Å². The van der Waals surface area contributed by atoms with Gasteiger partial charge in [-0.2, -0.15) is 0 Å². The molecule has 11 aromatic rings. The first kappa shape index (κ1) is 35.4. The highest BCUT2D eigenvalue weighted by atomic mass is 16.3. The zero-order chi connectivity index (χ0) is 42.0. The van der Waals surface area contributed by atoms with Gasteiger partial charge in [0.1, 0.15) is 5.58 Å². The number of nitrogens with zero attached hydrogens (tertiary/aromatic N) is 1. The monoisotopic (exact) mass is 813 g/mol. The quantitative estimate of drug-likeness (QED) is 0.176. The molecule has 1 aromatic heterocycles. The molecule has 14 rings (SSSR count). The van der Waals surface area contributed by atoms with Gasteiger partial charge in [0.15, 0.2) is 5.58 Å². The summed E-state index contributed by atoms with van der Waals surface area (Å²) in [6.07, 6.45) is 0. The topological polar surface area (TPSA) is 16.4 Å². The number of rotatable bonds is 4. The first-order valence-electron chi connectivity index (χ1n) is 22.3. The maximum atomic E-state index is 6.63. The van der Waals surface area contributed by atoms with E-state index in [2.05, 4.69) is 235 Å². The van der Waals surface area contributed by atoms with E-state index < -0.39 is 10.8 Å². The highest BCUT2D eigenvalue weighted by Crippen LogP contribution is 2.68. The Morgan fingerprint density at radius 3 is 1.38 bits per heavy atom. The van der Waals surface area contributed by atoms with Crippen LogP contribution in [0.1, 0.15) is 44.5 Å². The van der Waals surface area contributed by atoms with Crippen molar-refractivity contribution in [3.8, 4) is 33.4 Å². The molecule has 0 N–H and O–H groups in total. The summed E-state index contributed by atoms with van der Waals surface area (Å²) in [7, 11) is 0. The largest absolute Gasteiger partial charge is 0.454 e. The maximum Gasteiger partial charge on any atom is 0.159 e. The lowest BCUT2D eigenvalue weighted by Crippen LogP contribution is -2.44. The van der Waals surface area contributed by atoms with Gasteiger partial charge in [0.05, 0.1) is 16.5 Å². The van der Waals surface area contributed by atoms with Gasteiger partial charge in [-0.05, 0) is 114 Å². The van der Waals surface area contributed by atoms with Gasteiger partial charge in [-0.15, -0.1) is 0 Å². The Bertz CT molecular complexity index is 3590. The minimum atomic E-state index is -0.584. The molecule has 1 heterocycles. The molecule has 0 bridgehead atoms. The van der Waals surface area contributed by atoms with Crippen molar-refractivity contribution in [3.63, 3.8) is 0 Å². The van der Waals surface area contributed by atoms with Crippen LogP contribution in [0.3, 0.4) is 0 Å². The second-order valence-electron chi connectivity index (χ2n) is 17.4. The van der Waals surface area contributed by atoms with Gasteiger partial charge in [-0.25, -0.2) is 0 Å². The van der Waals surface area contributed by atoms with E-state index in [-0.39, 0.29) is 0 Å². The minimum absolute atomic E-state index is 0.483. The smallest absolute Gasteiger partial charge is 0.159 e. The lowest BCUT2D eigenvalue weighted by Gasteiger charge is -2.49. The summed E-state index contributed by atoms with van der Waals surface area (Å²) in [4.78, 5) is 2.33. The standard InChI is InChI=1S/C62H39NO/c1-2-18-41(19-3-1)63(57-34-17-26-49-47-23-7-15-35-58(47)64-60(49)57)42-38-36-40(37-39-42)43-24-16-25-48-46-22-6-10-29-52(46)62(59(43)48)55-32-13-11-30-53(55)61(54-31-12-14-33-56(54)62)50-27-8-4-20-44(50)45-21-5-9-28-51(45)61/h1-39H. The van der Waals surface area contributed by atoms with Gasteiger partial charge in [-0.3, -0.25) is 0 Å². The summed E-state index contributed by atoms with van der Waals surface area (Å²) in [5.74, 6) is 0. The Labute approximate surface area is 372 Å². The van der Waals surface area contributed by atoms with Crippen LogP contribution < -0.4 is 4.90 Å². The van der Waals surface area contributed by atoms with Crippen molar-refractivity contribution >= 4 is 39.0 Å². The van der Waals surface area contributed by atoms with Crippen LogP contribution in [-0.2, 0) is 10.8 Å². The van der Waals surface area contributed by atoms with Crippen LogP contribution >= 0.6 is 0 Å². The van der Waals surface area contributed by atoms with E-state index in [4.69, 9.17) is 4.42 Å². The van der Waals surface area contributed by atoms with E-state index in [1.165, 1.54) is 77.9 Å². The molecule has 0 radical (unpaired) electrons. The average Bonchev–Trinajstić information content (AvgIpc) is 4.00. The zero-order valence-electron chi connectivity index (χ0n) is 34.9. The van der Waals surface area contributed by atoms with Gasteiger partial charge in [0.25, 0.3) is 0 Å². The number of anilines is 3. The predicted molar refractivity (Wildman–Crippen MR) is 262 cm³/mol. The highest BCUT2D eigenvalue weighted by molar-refractivity contribution is 6.10. The number of fused-ring (bicyclic) bond motifs is 19. The van der Waals surface area contributed by atoms with E-state index >= 15 is 0 Å². The molecule has 2 nitrogen and oxygen atoms in total. The first-order chi connectivity index (χ1) is 31.8. The second kappa shape index (κ2) is 13.2. The van der Waals surface area contributed by atoms with Crippen LogP contribution in [0.4, 0.5) is 17.1 Å². The van der Waals surface area contributed by atoms with Gasteiger partial charge in [-0.1, -0.05) is 200 Å². The minimum Gasteiger partial charge on any atom is -0.454 e. The number of para-hydroxylation sites is 3. The first-order valence-corrected chi connectivity index (χ1v) is 22.3. The van der Waals surface area contributed by atoms with E-state index in [1.54, 1.807) is 0 Å². The van der Waals surface area contributed by atoms with E-state index in [0.29, 0.717) is 0 Å². The van der Waals surface area contributed by atoms with Gasteiger partial charge >= 0.3 is 0 Å². The maximum absolute atomic E-state index is 6.63. The molecule has 0 unspecified atom stereocenters. The third-order valence-corrected chi connectivity index (χ3v) is 14.6. The normalized spacial score (nSPS) is 14.2. The van der Waals surface area contributed by atoms with Crippen molar-refractivity contribution in [2.24, 2.45) is 0 Å². The van der Waals surface area contributed by atoms with Crippen LogP contribution in [-0.4, -0.2) is 0 Å². The van der Waals surface area contributed by atoms with Gasteiger partial charge < -0.3 is 9.32 Å². The van der Waals surface area contributed by atoms with Crippen molar-refractivity contribution in [2.45, 2.75) is 10.8 Å². The van der Waals surface area contributed by atoms with E-state index in [0.717, 1.165) is 39.0 Å². The van der Waals surface area contributed by atoms with Gasteiger partial charge in [0, 0.05) is 22.1 Å². The molecule has 10 aromatic carbocycles. The molecule has 3 aliphatic carbocycles. The predicted octanol–water partition coefficient (Wildman–Crippen LogP) is 15.8. The molecule has 2 heteroatoms. The molecule has 64 heavy (non-hydrogen) atoms. The molecule has 2 spiro atoms. The molecule has 0 saturated heterocycles. The van der Waals surface area contributed by atoms with Crippen molar-refractivity contribution in [3.05, 3.63) is 281 Å². The van der Waals surface area contributed by atoms with Gasteiger partial charge in [0.2, 0.25) is 0 Å². The number of hydrogen-bond acceptors (Lipinski definition) is 2. The summed E-state index contributed by atoms with van der Waals surface area (Å²) in [5, 5.41) is 2.23. The molecular formula is C62H39NO. The Balaban J connectivity index is 1.01. The van der Waals surface area contributed by atoms with Crippen molar-refractivity contribution < 1.29 is 4.42 Å². The van der Waals surface area contributed by atoms with Crippen molar-refractivity contribution in [2.75, 3.05) is 4.90 Å². The molecule has 298 valence electrons. The number of furan rings is 1. The number of hydrogen-bond donors (Lipinski definition) is 0. The number of benzene rings is 10. The van der Waals surface area contributed by atoms with E-state index in [1.807, 2.05) is 6.07 Å². The summed E-state index contributed by atoms with van der Waals surface area (Å²) in [5.41, 5.74) is 22.2.